The van der Waals surface area contributed by atoms with E-state index in [-0.39, 0.29) is 25.7 Å². The molecule has 0 fully saturated rings. The summed E-state index contributed by atoms with van der Waals surface area (Å²) in [4.78, 5) is 72.5. The number of aliphatic hydroxyl groups is 1. The standard InChI is InChI=1S/C70H132O17P2/c1-8-11-12-13-14-15-16-17-18-19-20-23-30-39-46-53-69(74)87-66(58-81-68(73)52-45-38-33-32-36-43-50-63(7)10-3)60-85-89(78,79)83-56-64(71)55-82-88(76,77)84-59-65(86-70(75)54-47-40-31-24-21-22-27-34-41-48-61(4)5)57-80-67(72)51-44-37-29-26-25-28-35-42-49-62(6)9-2/h15-18,61-66,71H,8-14,19-60H2,1-7H3,(H,76,77)(H,78,79)/b16-15-,18-17-/t62?,63?,64-,65-,66-/m1/s1. The van der Waals surface area contributed by atoms with Crippen molar-refractivity contribution in [2.24, 2.45) is 17.8 Å². The lowest BCUT2D eigenvalue weighted by Gasteiger charge is -2.21. The Kier molecular flexibility index (Phi) is 58.8. The number of carbonyl (C=O) groups excluding carboxylic acids is 4. The normalized spacial score (nSPS) is 15.0. The number of hydrogen-bond acceptors (Lipinski definition) is 15. The first-order valence-electron chi connectivity index (χ1n) is 35.7. The Morgan fingerprint density at radius 2 is 0.663 bits per heavy atom. The molecule has 0 aliphatic rings. The van der Waals surface area contributed by atoms with Gasteiger partial charge in [0.25, 0.3) is 0 Å². The molecular formula is C70H132O17P2. The van der Waals surface area contributed by atoms with Crippen molar-refractivity contribution < 1.29 is 80.2 Å². The number of aliphatic hydroxyl groups excluding tert-OH is 1. The van der Waals surface area contributed by atoms with E-state index in [4.69, 9.17) is 37.0 Å². The van der Waals surface area contributed by atoms with Crippen molar-refractivity contribution in [3.05, 3.63) is 24.3 Å². The highest BCUT2D eigenvalue weighted by molar-refractivity contribution is 7.47. The number of ether oxygens (including phenoxy) is 4. The number of hydrogen-bond donors (Lipinski definition) is 3. The van der Waals surface area contributed by atoms with Gasteiger partial charge in [0, 0.05) is 25.7 Å². The van der Waals surface area contributed by atoms with Gasteiger partial charge in [0.15, 0.2) is 12.2 Å². The summed E-state index contributed by atoms with van der Waals surface area (Å²) >= 11 is 0. The van der Waals surface area contributed by atoms with Crippen LogP contribution in [0.5, 0.6) is 0 Å². The first kappa shape index (κ1) is 86.5. The number of rotatable bonds is 66. The van der Waals surface area contributed by atoms with Gasteiger partial charge >= 0.3 is 39.5 Å². The molecule has 0 aromatic carbocycles. The maximum Gasteiger partial charge on any atom is 0.472 e. The average molecular weight is 1310 g/mol. The molecule has 0 radical (unpaired) electrons. The number of phosphoric acid groups is 2. The van der Waals surface area contributed by atoms with Crippen LogP contribution in [-0.4, -0.2) is 96.7 Å². The lowest BCUT2D eigenvalue weighted by Crippen LogP contribution is -2.30. The smallest absolute Gasteiger partial charge is 0.462 e. The third-order valence-corrected chi connectivity index (χ3v) is 18.1. The Morgan fingerprint density at radius 3 is 1.00 bits per heavy atom. The minimum Gasteiger partial charge on any atom is -0.462 e. The van der Waals surface area contributed by atoms with E-state index in [9.17, 15) is 43.2 Å². The molecule has 7 atom stereocenters. The summed E-state index contributed by atoms with van der Waals surface area (Å²) in [7, 11) is -9.91. The second kappa shape index (κ2) is 60.5. The number of allylic oxidation sites excluding steroid dienone is 4. The lowest BCUT2D eigenvalue weighted by atomic mass is 9.99. The maximum absolute atomic E-state index is 13.0. The van der Waals surface area contributed by atoms with Gasteiger partial charge in [-0.2, -0.15) is 0 Å². The van der Waals surface area contributed by atoms with E-state index in [2.05, 4.69) is 72.8 Å². The van der Waals surface area contributed by atoms with Gasteiger partial charge in [-0.3, -0.25) is 37.3 Å². The third kappa shape index (κ3) is 61.5. The Balaban J connectivity index is 5.30. The van der Waals surface area contributed by atoms with Crippen LogP contribution < -0.4 is 0 Å². The first-order chi connectivity index (χ1) is 42.8. The van der Waals surface area contributed by atoms with Gasteiger partial charge in [0.2, 0.25) is 0 Å². The SMILES string of the molecule is CCCCCC/C=C\C=C/CCCCCCCC(=O)O[C@H](COC(=O)CCCCCCCCC(C)CC)COP(=O)(O)OC[C@H](O)COP(=O)(O)OC[C@@H](COC(=O)CCCCCCCCCCC(C)CC)OC(=O)CCCCCCCCCCCC(C)C. The maximum atomic E-state index is 13.0. The molecule has 0 amide bonds. The molecule has 0 aliphatic heterocycles. The topological polar surface area (TPSA) is 237 Å². The van der Waals surface area contributed by atoms with Crippen LogP contribution in [-0.2, 0) is 65.4 Å². The Labute approximate surface area is 542 Å². The highest BCUT2D eigenvalue weighted by Crippen LogP contribution is 2.45. The molecule has 0 saturated heterocycles. The summed E-state index contributed by atoms with van der Waals surface area (Å²) in [6.07, 6.45) is 46.6. The van der Waals surface area contributed by atoms with Crippen molar-refractivity contribution >= 4 is 39.5 Å². The molecule has 3 N–H and O–H groups in total. The molecule has 0 bridgehead atoms. The van der Waals surface area contributed by atoms with Crippen LogP contribution in [0.4, 0.5) is 0 Å². The van der Waals surface area contributed by atoms with Crippen LogP contribution in [0.3, 0.4) is 0 Å². The van der Waals surface area contributed by atoms with Crippen LogP contribution >= 0.6 is 15.6 Å². The highest BCUT2D eigenvalue weighted by atomic mass is 31.2. The van der Waals surface area contributed by atoms with Crippen LogP contribution in [0.2, 0.25) is 0 Å². The number of phosphoric ester groups is 2. The number of esters is 4. The molecule has 19 heteroatoms. The summed E-state index contributed by atoms with van der Waals surface area (Å²) < 4.78 is 68.2. The molecule has 0 aromatic rings. The minimum absolute atomic E-state index is 0.0836. The van der Waals surface area contributed by atoms with Crippen molar-refractivity contribution in [2.45, 2.75) is 343 Å². The van der Waals surface area contributed by atoms with Crippen LogP contribution in [0, 0.1) is 17.8 Å². The van der Waals surface area contributed by atoms with Gasteiger partial charge in [-0.15, -0.1) is 0 Å². The quantitative estimate of drug-likeness (QED) is 0.0169. The van der Waals surface area contributed by atoms with E-state index in [0.29, 0.717) is 25.7 Å². The van der Waals surface area contributed by atoms with Crippen molar-refractivity contribution in [2.75, 3.05) is 39.6 Å². The highest BCUT2D eigenvalue weighted by Gasteiger charge is 2.30. The fourth-order valence-electron chi connectivity index (χ4n) is 9.94. The van der Waals surface area contributed by atoms with Crippen LogP contribution in [0.25, 0.3) is 0 Å². The monoisotopic (exact) mass is 1310 g/mol. The molecule has 0 aromatic heterocycles. The molecule has 0 rings (SSSR count). The summed E-state index contributed by atoms with van der Waals surface area (Å²) in [6.45, 7) is 11.7. The summed E-state index contributed by atoms with van der Waals surface area (Å²) in [5.74, 6) is 0.0787. The molecule has 89 heavy (non-hydrogen) atoms. The van der Waals surface area contributed by atoms with Gasteiger partial charge in [0.05, 0.1) is 26.4 Å². The zero-order valence-electron chi connectivity index (χ0n) is 57.4. The lowest BCUT2D eigenvalue weighted by molar-refractivity contribution is -0.161. The van der Waals surface area contributed by atoms with Gasteiger partial charge in [-0.05, 0) is 69.1 Å². The van der Waals surface area contributed by atoms with Gasteiger partial charge in [0.1, 0.15) is 19.3 Å². The van der Waals surface area contributed by atoms with E-state index in [0.717, 1.165) is 127 Å². The van der Waals surface area contributed by atoms with E-state index in [1.165, 1.54) is 116 Å². The zero-order valence-corrected chi connectivity index (χ0v) is 59.2. The van der Waals surface area contributed by atoms with Crippen LogP contribution in [0.1, 0.15) is 325 Å². The average Bonchev–Trinajstić information content (AvgIpc) is 3.62. The van der Waals surface area contributed by atoms with E-state index < -0.39 is 97.5 Å². The Bertz CT molecular complexity index is 1850. The second-order valence-corrected chi connectivity index (χ2v) is 28.5. The minimum atomic E-state index is -4.96. The third-order valence-electron chi connectivity index (χ3n) is 16.2. The molecule has 524 valence electrons. The molecule has 0 aliphatic carbocycles. The summed E-state index contributed by atoms with van der Waals surface area (Å²) in [6, 6.07) is 0. The molecular weight excluding hydrogens is 1170 g/mol. The largest absolute Gasteiger partial charge is 0.472 e. The number of unbranched alkanes of at least 4 members (excludes halogenated alkanes) is 29. The van der Waals surface area contributed by atoms with Crippen LogP contribution in [0.15, 0.2) is 24.3 Å². The van der Waals surface area contributed by atoms with E-state index >= 15 is 0 Å². The fraction of sp³-hybridized carbons (Fsp3) is 0.886. The molecule has 17 nitrogen and oxygen atoms in total. The Morgan fingerprint density at radius 1 is 0.371 bits per heavy atom. The predicted octanol–water partition coefficient (Wildman–Crippen LogP) is 19.4. The zero-order chi connectivity index (χ0) is 65.9. The van der Waals surface area contributed by atoms with Gasteiger partial charge in [-0.1, -0.05) is 272 Å². The molecule has 0 saturated carbocycles. The summed E-state index contributed by atoms with van der Waals surface area (Å²) in [5.41, 5.74) is 0. The predicted molar refractivity (Wildman–Crippen MR) is 358 cm³/mol. The molecule has 0 heterocycles. The van der Waals surface area contributed by atoms with E-state index in [1.54, 1.807) is 0 Å². The van der Waals surface area contributed by atoms with Crippen molar-refractivity contribution in [1.29, 1.82) is 0 Å². The van der Waals surface area contributed by atoms with Gasteiger partial charge in [-0.25, -0.2) is 9.13 Å². The van der Waals surface area contributed by atoms with Crippen molar-refractivity contribution in [1.82, 2.24) is 0 Å². The molecule has 4 unspecified atom stereocenters. The number of carbonyl (C=O) groups is 4. The van der Waals surface area contributed by atoms with E-state index in [1.807, 2.05) is 0 Å². The first-order valence-corrected chi connectivity index (χ1v) is 38.7. The van der Waals surface area contributed by atoms with Crippen molar-refractivity contribution in [3.8, 4) is 0 Å². The Hall–Kier alpha value is -2.46. The summed E-state index contributed by atoms with van der Waals surface area (Å²) in [5, 5.41) is 10.6. The fourth-order valence-corrected chi connectivity index (χ4v) is 11.5. The van der Waals surface area contributed by atoms with Gasteiger partial charge < -0.3 is 33.8 Å². The second-order valence-electron chi connectivity index (χ2n) is 25.5. The van der Waals surface area contributed by atoms with Crippen molar-refractivity contribution in [3.63, 3.8) is 0 Å². The molecule has 0 spiro atoms.